The minimum absolute atomic E-state index is 0.0960. The van der Waals surface area contributed by atoms with Crippen LogP contribution < -0.4 is 5.32 Å². The average Bonchev–Trinajstić information content (AvgIpc) is 2.62. The maximum atomic E-state index is 11.3. The van der Waals surface area contributed by atoms with E-state index >= 15 is 0 Å². The Morgan fingerprint density at radius 1 is 1.53 bits per heavy atom. The van der Waals surface area contributed by atoms with E-state index < -0.39 is 5.97 Å². The number of carbonyl (C=O) groups is 2. The van der Waals surface area contributed by atoms with Gasteiger partial charge < -0.3 is 15.2 Å². The van der Waals surface area contributed by atoms with Crippen molar-refractivity contribution in [1.82, 2.24) is 4.98 Å². The Morgan fingerprint density at radius 2 is 2.24 bits per heavy atom. The number of hydrogen-bond donors (Lipinski definition) is 2. The number of anilines is 1. The summed E-state index contributed by atoms with van der Waals surface area (Å²) in [6, 6.07) is 0. The number of rotatable bonds is 6. The van der Waals surface area contributed by atoms with E-state index in [4.69, 9.17) is 9.84 Å². The summed E-state index contributed by atoms with van der Waals surface area (Å²) in [5, 5.41) is 11.8. The molecule has 17 heavy (non-hydrogen) atoms. The van der Waals surface area contributed by atoms with E-state index in [9.17, 15) is 9.59 Å². The van der Waals surface area contributed by atoms with Crippen molar-refractivity contribution in [3.63, 3.8) is 0 Å². The fourth-order valence-corrected chi connectivity index (χ4v) is 2.04. The predicted octanol–water partition coefficient (Wildman–Crippen LogP) is 1.73. The van der Waals surface area contributed by atoms with Crippen LogP contribution in [0.2, 0.25) is 0 Å². The molecule has 0 aromatic carbocycles. The third-order valence-corrected chi connectivity index (χ3v) is 2.90. The first-order valence-corrected chi connectivity index (χ1v) is 5.91. The van der Waals surface area contributed by atoms with Crippen LogP contribution in [0.1, 0.15) is 35.1 Å². The zero-order valence-corrected chi connectivity index (χ0v) is 10.5. The third-order valence-electron chi connectivity index (χ3n) is 1.90. The number of nitrogens with zero attached hydrogens (tertiary/aromatic N) is 1. The van der Waals surface area contributed by atoms with Crippen molar-refractivity contribution in [1.29, 1.82) is 0 Å². The zero-order valence-electron chi connectivity index (χ0n) is 9.65. The highest BCUT2D eigenvalue weighted by Crippen LogP contribution is 2.23. The van der Waals surface area contributed by atoms with E-state index in [-0.39, 0.29) is 17.4 Å². The molecule has 0 aliphatic rings. The number of carbonyl (C=O) groups excluding carboxylic acids is 1. The summed E-state index contributed by atoms with van der Waals surface area (Å²) >= 11 is 0.939. The van der Waals surface area contributed by atoms with Gasteiger partial charge in [0.05, 0.1) is 12.3 Å². The summed E-state index contributed by atoms with van der Waals surface area (Å²) in [6.07, 6.45) is 1.12. The molecule has 94 valence electrons. The van der Waals surface area contributed by atoms with Crippen LogP contribution in [0.5, 0.6) is 0 Å². The van der Waals surface area contributed by atoms with Crippen LogP contribution in [0.3, 0.4) is 0 Å². The maximum absolute atomic E-state index is 11.3. The van der Waals surface area contributed by atoms with Gasteiger partial charge in [0.2, 0.25) is 5.91 Å². The summed E-state index contributed by atoms with van der Waals surface area (Å²) in [5.41, 5.74) is 0.330. The largest absolute Gasteiger partial charge is 0.477 e. The Bertz CT molecular complexity index is 416. The van der Waals surface area contributed by atoms with Gasteiger partial charge in [-0.2, -0.15) is 0 Å². The molecule has 0 aliphatic carbocycles. The number of hydrogen-bond acceptors (Lipinski definition) is 5. The van der Waals surface area contributed by atoms with Gasteiger partial charge in [0, 0.05) is 13.5 Å². The van der Waals surface area contributed by atoms with E-state index in [1.807, 2.05) is 6.92 Å². The predicted molar refractivity (Wildman–Crippen MR) is 63.3 cm³/mol. The standard InChI is InChI=1S/C10H14N2O4S/c1-3-4-7(13)12-10-11-6(5-16-2)8(17-10)9(14)15/h3-5H2,1-2H3,(H,14,15)(H,11,12,13). The molecule has 0 saturated heterocycles. The first kappa shape index (κ1) is 13.6. The van der Waals surface area contributed by atoms with Gasteiger partial charge >= 0.3 is 5.97 Å². The Kier molecular flexibility index (Phi) is 5.05. The van der Waals surface area contributed by atoms with Gasteiger partial charge in [0.1, 0.15) is 4.88 Å². The van der Waals surface area contributed by atoms with Crippen molar-refractivity contribution in [3.8, 4) is 0 Å². The molecule has 0 fully saturated rings. The van der Waals surface area contributed by atoms with Gasteiger partial charge in [0.25, 0.3) is 0 Å². The number of ether oxygens (including phenoxy) is 1. The topological polar surface area (TPSA) is 88.5 Å². The second-order valence-corrected chi connectivity index (χ2v) is 4.33. The lowest BCUT2D eigenvalue weighted by Crippen LogP contribution is -2.10. The van der Waals surface area contributed by atoms with Crippen LogP contribution in [0.4, 0.5) is 5.13 Å². The Hall–Kier alpha value is -1.47. The molecule has 0 unspecified atom stereocenters. The van der Waals surface area contributed by atoms with Gasteiger partial charge in [-0.3, -0.25) is 4.79 Å². The molecular weight excluding hydrogens is 244 g/mol. The zero-order chi connectivity index (χ0) is 12.8. The molecule has 0 spiro atoms. The normalized spacial score (nSPS) is 10.2. The molecule has 0 saturated carbocycles. The number of carboxylic acids is 1. The highest BCUT2D eigenvalue weighted by molar-refractivity contribution is 7.17. The summed E-state index contributed by atoms with van der Waals surface area (Å²) in [4.78, 5) is 26.4. The van der Waals surface area contributed by atoms with Crippen molar-refractivity contribution in [3.05, 3.63) is 10.6 Å². The van der Waals surface area contributed by atoms with Crippen LogP contribution in [-0.4, -0.2) is 29.1 Å². The van der Waals surface area contributed by atoms with Crippen LogP contribution in [-0.2, 0) is 16.1 Å². The summed E-state index contributed by atoms with van der Waals surface area (Å²) in [6.45, 7) is 2.00. The Balaban J connectivity index is 2.84. The number of nitrogens with one attached hydrogen (secondary N) is 1. The highest BCUT2D eigenvalue weighted by Gasteiger charge is 2.18. The van der Waals surface area contributed by atoms with Gasteiger partial charge in [-0.1, -0.05) is 18.3 Å². The minimum Gasteiger partial charge on any atom is -0.477 e. The summed E-state index contributed by atoms with van der Waals surface area (Å²) in [7, 11) is 1.46. The number of aromatic carboxylic acids is 1. The number of methoxy groups -OCH3 is 1. The van der Waals surface area contributed by atoms with Gasteiger partial charge in [-0.25, -0.2) is 9.78 Å². The molecule has 0 radical (unpaired) electrons. The minimum atomic E-state index is -1.06. The first-order chi connectivity index (χ1) is 8.08. The quantitative estimate of drug-likeness (QED) is 0.811. The SMILES string of the molecule is CCCC(=O)Nc1nc(COC)c(C(=O)O)s1. The van der Waals surface area contributed by atoms with Crippen LogP contribution >= 0.6 is 11.3 Å². The molecule has 1 amide bonds. The summed E-state index contributed by atoms with van der Waals surface area (Å²) < 4.78 is 4.85. The Labute approximate surface area is 103 Å². The molecule has 0 aliphatic heterocycles. The summed E-state index contributed by atoms with van der Waals surface area (Å²) in [5.74, 6) is -1.23. The fourth-order valence-electron chi connectivity index (χ4n) is 1.22. The molecular formula is C10H14N2O4S. The molecule has 1 aromatic rings. The van der Waals surface area contributed by atoms with E-state index in [0.717, 1.165) is 17.8 Å². The second-order valence-electron chi connectivity index (χ2n) is 3.33. The molecule has 7 heteroatoms. The van der Waals surface area contributed by atoms with Gasteiger partial charge in [0.15, 0.2) is 5.13 Å². The van der Waals surface area contributed by atoms with E-state index in [1.165, 1.54) is 7.11 Å². The fraction of sp³-hybridized carbons (Fsp3) is 0.500. The molecule has 1 aromatic heterocycles. The Morgan fingerprint density at radius 3 is 2.76 bits per heavy atom. The average molecular weight is 258 g/mol. The lowest BCUT2D eigenvalue weighted by molar-refractivity contribution is -0.116. The molecule has 0 atom stereocenters. The van der Waals surface area contributed by atoms with E-state index in [1.54, 1.807) is 0 Å². The molecule has 2 N–H and O–H groups in total. The van der Waals surface area contributed by atoms with Crippen LogP contribution in [0.25, 0.3) is 0 Å². The van der Waals surface area contributed by atoms with Crippen LogP contribution in [0, 0.1) is 0 Å². The van der Waals surface area contributed by atoms with Crippen molar-refractivity contribution < 1.29 is 19.4 Å². The number of amides is 1. The first-order valence-electron chi connectivity index (χ1n) is 5.10. The smallest absolute Gasteiger partial charge is 0.347 e. The van der Waals surface area contributed by atoms with E-state index in [0.29, 0.717) is 17.2 Å². The van der Waals surface area contributed by atoms with Crippen molar-refractivity contribution >= 4 is 28.3 Å². The monoisotopic (exact) mass is 258 g/mol. The van der Waals surface area contributed by atoms with Crippen molar-refractivity contribution in [2.24, 2.45) is 0 Å². The number of aromatic nitrogens is 1. The van der Waals surface area contributed by atoms with E-state index in [2.05, 4.69) is 10.3 Å². The molecule has 6 nitrogen and oxygen atoms in total. The number of thiazole rings is 1. The second kappa shape index (κ2) is 6.31. The van der Waals surface area contributed by atoms with Gasteiger partial charge in [-0.15, -0.1) is 0 Å². The lowest BCUT2D eigenvalue weighted by atomic mass is 10.3. The lowest BCUT2D eigenvalue weighted by Gasteiger charge is -1.98. The number of carboxylic acid groups (broad SMARTS) is 1. The highest BCUT2D eigenvalue weighted by atomic mass is 32.1. The van der Waals surface area contributed by atoms with Crippen LogP contribution in [0.15, 0.2) is 0 Å². The molecule has 1 rings (SSSR count). The molecule has 0 bridgehead atoms. The van der Waals surface area contributed by atoms with Gasteiger partial charge in [-0.05, 0) is 6.42 Å². The van der Waals surface area contributed by atoms with Crippen molar-refractivity contribution in [2.75, 3.05) is 12.4 Å². The maximum Gasteiger partial charge on any atom is 0.347 e. The van der Waals surface area contributed by atoms with Crippen molar-refractivity contribution in [2.45, 2.75) is 26.4 Å². The molecule has 1 heterocycles. The third kappa shape index (κ3) is 3.79.